The van der Waals surface area contributed by atoms with E-state index in [-0.39, 0.29) is 10.8 Å². The van der Waals surface area contributed by atoms with Crippen molar-refractivity contribution in [2.45, 2.75) is 37.5 Å². The van der Waals surface area contributed by atoms with Crippen LogP contribution in [0.4, 0.5) is 0 Å². The number of piperazine rings is 1. The van der Waals surface area contributed by atoms with Gasteiger partial charge in [-0.05, 0) is 37.6 Å². The van der Waals surface area contributed by atoms with Crippen molar-refractivity contribution in [3.63, 3.8) is 0 Å². The van der Waals surface area contributed by atoms with Gasteiger partial charge in [-0.1, -0.05) is 25.8 Å². The van der Waals surface area contributed by atoms with Crippen molar-refractivity contribution in [2.24, 2.45) is 0 Å². The summed E-state index contributed by atoms with van der Waals surface area (Å²) in [6.45, 7) is 7.37. The fraction of sp³-hybridized carbons (Fsp3) is 0.632. The van der Waals surface area contributed by atoms with Crippen molar-refractivity contribution in [2.75, 3.05) is 45.8 Å². The van der Waals surface area contributed by atoms with Crippen LogP contribution in [0.3, 0.4) is 0 Å². The molecule has 0 bridgehead atoms. The molecule has 0 spiro atoms. The molecule has 3 rings (SSSR count). The summed E-state index contributed by atoms with van der Waals surface area (Å²) in [5.74, 6) is -0.0753. The second kappa shape index (κ2) is 8.50. The molecule has 0 N–H and O–H groups in total. The Bertz CT molecular complexity index is 719. The predicted molar refractivity (Wildman–Crippen MR) is 102 cm³/mol. The largest absolute Gasteiger partial charge is 0.336 e. The monoisotopic (exact) mass is 379 g/mol. The van der Waals surface area contributed by atoms with Gasteiger partial charge in [0, 0.05) is 44.8 Å². The highest BCUT2D eigenvalue weighted by molar-refractivity contribution is 7.89. The summed E-state index contributed by atoms with van der Waals surface area (Å²) >= 11 is 0. The zero-order chi connectivity index (χ0) is 18.6. The first-order chi connectivity index (χ1) is 12.5. The molecule has 0 saturated carbocycles. The summed E-state index contributed by atoms with van der Waals surface area (Å²) in [5, 5.41) is 0. The van der Waals surface area contributed by atoms with Crippen molar-refractivity contribution in [1.29, 1.82) is 0 Å². The summed E-state index contributed by atoms with van der Waals surface area (Å²) in [7, 11) is -3.53. The highest BCUT2D eigenvalue weighted by atomic mass is 32.2. The van der Waals surface area contributed by atoms with Gasteiger partial charge in [-0.3, -0.25) is 4.79 Å². The average molecular weight is 380 g/mol. The number of nitrogens with zero attached hydrogens (tertiary/aromatic N) is 3. The Labute approximate surface area is 156 Å². The van der Waals surface area contributed by atoms with Crippen LogP contribution in [-0.4, -0.2) is 74.2 Å². The topological polar surface area (TPSA) is 60.9 Å². The first-order valence-electron chi connectivity index (χ1n) is 9.64. The van der Waals surface area contributed by atoms with Crippen LogP contribution >= 0.6 is 0 Å². The molecule has 2 heterocycles. The number of amides is 1. The molecule has 144 valence electrons. The molecule has 26 heavy (non-hydrogen) atoms. The Morgan fingerprint density at radius 3 is 2.23 bits per heavy atom. The molecule has 0 aliphatic carbocycles. The molecule has 6 nitrogen and oxygen atoms in total. The van der Waals surface area contributed by atoms with Crippen molar-refractivity contribution in [3.8, 4) is 0 Å². The third-order valence-corrected chi connectivity index (χ3v) is 7.29. The van der Waals surface area contributed by atoms with Gasteiger partial charge in [0.15, 0.2) is 0 Å². The molecule has 2 aliphatic heterocycles. The van der Waals surface area contributed by atoms with Crippen molar-refractivity contribution >= 4 is 15.9 Å². The Morgan fingerprint density at radius 2 is 1.62 bits per heavy atom. The summed E-state index contributed by atoms with van der Waals surface area (Å²) < 4.78 is 27.5. The Balaban J connectivity index is 1.76. The molecule has 0 unspecified atom stereocenters. The third kappa shape index (κ3) is 4.27. The number of carbonyl (C=O) groups is 1. The van der Waals surface area contributed by atoms with Gasteiger partial charge < -0.3 is 9.80 Å². The SMILES string of the molecule is CCN1CCN(C(=O)c2cccc(S(=O)(=O)N3CCCCCC3)c2)CC1. The molecule has 1 aromatic rings. The lowest BCUT2D eigenvalue weighted by molar-refractivity contribution is 0.0643. The van der Waals surface area contributed by atoms with Crippen molar-refractivity contribution in [1.82, 2.24) is 14.1 Å². The van der Waals surface area contributed by atoms with E-state index < -0.39 is 10.0 Å². The van der Waals surface area contributed by atoms with Gasteiger partial charge in [0.25, 0.3) is 5.91 Å². The first kappa shape index (κ1) is 19.3. The van der Waals surface area contributed by atoms with E-state index in [2.05, 4.69) is 11.8 Å². The van der Waals surface area contributed by atoms with Gasteiger partial charge in [-0.25, -0.2) is 8.42 Å². The molecule has 7 heteroatoms. The standard InChI is InChI=1S/C19H29N3O3S/c1-2-20-12-14-21(15-13-20)19(23)17-8-7-9-18(16-17)26(24,25)22-10-5-3-4-6-11-22/h7-9,16H,2-6,10-15H2,1H3. The van der Waals surface area contributed by atoms with E-state index in [0.29, 0.717) is 31.7 Å². The number of hydrogen-bond acceptors (Lipinski definition) is 4. The Morgan fingerprint density at radius 1 is 0.962 bits per heavy atom. The summed E-state index contributed by atoms with van der Waals surface area (Å²) in [6, 6.07) is 6.55. The number of benzene rings is 1. The van der Waals surface area contributed by atoms with E-state index in [1.54, 1.807) is 28.6 Å². The maximum absolute atomic E-state index is 13.0. The molecule has 0 atom stereocenters. The summed E-state index contributed by atoms with van der Waals surface area (Å²) in [4.78, 5) is 17.2. The van der Waals surface area contributed by atoms with Crippen molar-refractivity contribution in [3.05, 3.63) is 29.8 Å². The van der Waals surface area contributed by atoms with Crippen LogP contribution in [0, 0.1) is 0 Å². The normalized spacial score (nSPS) is 20.7. The van der Waals surface area contributed by atoms with Crippen LogP contribution in [0.1, 0.15) is 43.0 Å². The fourth-order valence-corrected chi connectivity index (χ4v) is 5.23. The number of hydrogen-bond donors (Lipinski definition) is 0. The van der Waals surface area contributed by atoms with E-state index in [1.807, 2.05) is 4.90 Å². The molecular formula is C19H29N3O3S. The van der Waals surface area contributed by atoms with Crippen LogP contribution in [-0.2, 0) is 10.0 Å². The minimum atomic E-state index is -3.53. The van der Waals surface area contributed by atoms with E-state index in [0.717, 1.165) is 45.3 Å². The lowest BCUT2D eigenvalue weighted by Gasteiger charge is -2.34. The molecule has 1 aromatic carbocycles. The van der Waals surface area contributed by atoms with Gasteiger partial charge in [0.2, 0.25) is 10.0 Å². The predicted octanol–water partition coefficient (Wildman–Crippen LogP) is 2.03. The highest BCUT2D eigenvalue weighted by Crippen LogP contribution is 2.22. The lowest BCUT2D eigenvalue weighted by atomic mass is 10.2. The van der Waals surface area contributed by atoms with E-state index in [9.17, 15) is 13.2 Å². The Kier molecular flexibility index (Phi) is 6.32. The van der Waals surface area contributed by atoms with Gasteiger partial charge in [0.1, 0.15) is 0 Å². The van der Waals surface area contributed by atoms with Crippen molar-refractivity contribution < 1.29 is 13.2 Å². The number of rotatable bonds is 4. The average Bonchev–Trinajstić information content (AvgIpc) is 2.98. The van der Waals surface area contributed by atoms with Gasteiger partial charge >= 0.3 is 0 Å². The third-order valence-electron chi connectivity index (χ3n) is 5.39. The summed E-state index contributed by atoms with van der Waals surface area (Å²) in [5.41, 5.74) is 0.464. The molecular weight excluding hydrogens is 350 g/mol. The molecule has 1 amide bonds. The number of sulfonamides is 1. The van der Waals surface area contributed by atoms with Crippen LogP contribution in [0.15, 0.2) is 29.2 Å². The quantitative estimate of drug-likeness (QED) is 0.803. The van der Waals surface area contributed by atoms with Crippen LogP contribution in [0.25, 0.3) is 0 Å². The van der Waals surface area contributed by atoms with E-state index >= 15 is 0 Å². The van der Waals surface area contributed by atoms with Gasteiger partial charge in [-0.15, -0.1) is 0 Å². The molecule has 2 saturated heterocycles. The van der Waals surface area contributed by atoms with Crippen LogP contribution in [0.2, 0.25) is 0 Å². The van der Waals surface area contributed by atoms with E-state index in [4.69, 9.17) is 0 Å². The zero-order valence-electron chi connectivity index (χ0n) is 15.6. The van der Waals surface area contributed by atoms with Gasteiger partial charge in [0.05, 0.1) is 4.90 Å². The number of carbonyl (C=O) groups excluding carboxylic acids is 1. The molecule has 2 aliphatic rings. The maximum atomic E-state index is 13.0. The van der Waals surface area contributed by atoms with Crippen LogP contribution < -0.4 is 0 Å². The zero-order valence-corrected chi connectivity index (χ0v) is 16.4. The molecule has 0 radical (unpaired) electrons. The van der Waals surface area contributed by atoms with E-state index in [1.165, 1.54) is 0 Å². The van der Waals surface area contributed by atoms with Gasteiger partial charge in [-0.2, -0.15) is 4.31 Å². The lowest BCUT2D eigenvalue weighted by Crippen LogP contribution is -2.48. The maximum Gasteiger partial charge on any atom is 0.253 e. The highest BCUT2D eigenvalue weighted by Gasteiger charge is 2.27. The smallest absolute Gasteiger partial charge is 0.253 e. The Hall–Kier alpha value is -1.44. The summed E-state index contributed by atoms with van der Waals surface area (Å²) in [6.07, 6.45) is 3.96. The fourth-order valence-electron chi connectivity index (χ4n) is 3.67. The second-order valence-corrected chi connectivity index (χ2v) is 9.01. The molecule has 2 fully saturated rings. The minimum absolute atomic E-state index is 0.0753. The second-order valence-electron chi connectivity index (χ2n) is 7.07. The van der Waals surface area contributed by atoms with Crippen LogP contribution in [0.5, 0.6) is 0 Å². The molecule has 0 aromatic heterocycles. The number of likely N-dealkylation sites (N-methyl/N-ethyl adjacent to an activating group) is 1. The first-order valence-corrected chi connectivity index (χ1v) is 11.1. The minimum Gasteiger partial charge on any atom is -0.336 e.